The zero-order chi connectivity index (χ0) is 10.4. The van der Waals surface area contributed by atoms with Crippen molar-refractivity contribution in [1.82, 2.24) is 5.32 Å². The second-order valence-corrected chi connectivity index (χ2v) is 3.44. The summed E-state index contributed by atoms with van der Waals surface area (Å²) in [4.78, 5) is 11.4. The van der Waals surface area contributed by atoms with Gasteiger partial charge in [0.2, 0.25) is 0 Å². The molecule has 0 aromatic heterocycles. The van der Waals surface area contributed by atoms with Crippen molar-refractivity contribution in [3.05, 3.63) is 0 Å². The highest BCUT2D eigenvalue weighted by Gasteiger charge is 2.23. The molecule has 1 N–H and O–H groups in total. The average Bonchev–Trinajstić information content (AvgIpc) is 2.66. The number of esters is 1. The van der Waals surface area contributed by atoms with Gasteiger partial charge in [-0.1, -0.05) is 6.92 Å². The molecule has 1 fully saturated rings. The second kappa shape index (κ2) is 5.98. The highest BCUT2D eigenvalue weighted by atomic mass is 16.5. The van der Waals surface area contributed by atoms with Crippen LogP contribution >= 0.6 is 0 Å². The average molecular weight is 201 g/mol. The summed E-state index contributed by atoms with van der Waals surface area (Å²) in [5, 5.41) is 3.25. The molecule has 0 aliphatic carbocycles. The first-order chi connectivity index (χ1) is 6.77. The van der Waals surface area contributed by atoms with E-state index < -0.39 is 0 Å². The lowest BCUT2D eigenvalue weighted by atomic mass is 10.1. The van der Waals surface area contributed by atoms with Gasteiger partial charge in [0.15, 0.2) is 0 Å². The van der Waals surface area contributed by atoms with E-state index in [0.29, 0.717) is 19.3 Å². The van der Waals surface area contributed by atoms with Crippen LogP contribution in [-0.2, 0) is 14.3 Å². The fourth-order valence-electron chi connectivity index (χ4n) is 1.55. The standard InChI is InChI=1S/C10H19NO3/c1-3-9(10(12)14-4-2)11-8-5-6-13-7-8/h8-9,11H,3-7H2,1-2H3. The maximum Gasteiger partial charge on any atom is 0.323 e. The van der Waals surface area contributed by atoms with Crippen LogP contribution in [0.2, 0.25) is 0 Å². The Morgan fingerprint density at radius 2 is 2.43 bits per heavy atom. The molecular weight excluding hydrogens is 182 g/mol. The van der Waals surface area contributed by atoms with E-state index in [2.05, 4.69) is 5.32 Å². The fourth-order valence-corrected chi connectivity index (χ4v) is 1.55. The third-order valence-corrected chi connectivity index (χ3v) is 2.35. The number of carbonyl (C=O) groups excluding carboxylic acids is 1. The van der Waals surface area contributed by atoms with Crippen LogP contribution in [0.1, 0.15) is 26.7 Å². The highest BCUT2D eigenvalue weighted by Crippen LogP contribution is 2.06. The molecule has 1 aliphatic rings. The van der Waals surface area contributed by atoms with Gasteiger partial charge >= 0.3 is 5.97 Å². The first-order valence-electron chi connectivity index (χ1n) is 5.28. The monoisotopic (exact) mass is 201 g/mol. The maximum absolute atomic E-state index is 11.4. The van der Waals surface area contributed by atoms with Crippen molar-refractivity contribution in [2.24, 2.45) is 0 Å². The van der Waals surface area contributed by atoms with Gasteiger partial charge in [-0.2, -0.15) is 0 Å². The molecular formula is C10H19NO3. The van der Waals surface area contributed by atoms with Crippen LogP contribution in [0.25, 0.3) is 0 Å². The van der Waals surface area contributed by atoms with Crippen LogP contribution in [0, 0.1) is 0 Å². The number of carbonyl (C=O) groups is 1. The van der Waals surface area contributed by atoms with Crippen LogP contribution in [-0.4, -0.2) is 37.9 Å². The van der Waals surface area contributed by atoms with Gasteiger partial charge in [0.1, 0.15) is 6.04 Å². The van der Waals surface area contributed by atoms with E-state index >= 15 is 0 Å². The van der Waals surface area contributed by atoms with E-state index in [4.69, 9.17) is 9.47 Å². The van der Waals surface area contributed by atoms with Crippen LogP contribution in [0.5, 0.6) is 0 Å². The SMILES string of the molecule is CCOC(=O)C(CC)NC1CCOC1. The van der Waals surface area contributed by atoms with E-state index in [1.165, 1.54) is 0 Å². The predicted octanol–water partition coefficient (Wildman–Crippen LogP) is 0.707. The lowest BCUT2D eigenvalue weighted by molar-refractivity contribution is -0.146. The lowest BCUT2D eigenvalue weighted by Crippen LogP contribution is -2.44. The number of ether oxygens (including phenoxy) is 2. The number of hydrogen-bond donors (Lipinski definition) is 1. The molecule has 4 nitrogen and oxygen atoms in total. The zero-order valence-electron chi connectivity index (χ0n) is 8.91. The van der Waals surface area contributed by atoms with Crippen molar-refractivity contribution in [1.29, 1.82) is 0 Å². The smallest absolute Gasteiger partial charge is 0.323 e. The van der Waals surface area contributed by atoms with Crippen LogP contribution in [0.4, 0.5) is 0 Å². The van der Waals surface area contributed by atoms with Crippen molar-refractivity contribution < 1.29 is 14.3 Å². The van der Waals surface area contributed by atoms with Gasteiger partial charge in [0, 0.05) is 12.6 Å². The Morgan fingerprint density at radius 3 is 2.93 bits per heavy atom. The third-order valence-electron chi connectivity index (χ3n) is 2.35. The third kappa shape index (κ3) is 3.27. The lowest BCUT2D eigenvalue weighted by Gasteiger charge is -2.18. The summed E-state index contributed by atoms with van der Waals surface area (Å²) in [6, 6.07) is 0.131. The first kappa shape index (κ1) is 11.5. The molecule has 1 aliphatic heterocycles. The highest BCUT2D eigenvalue weighted by molar-refractivity contribution is 5.75. The van der Waals surface area contributed by atoms with Crippen molar-refractivity contribution in [3.63, 3.8) is 0 Å². The van der Waals surface area contributed by atoms with Crippen molar-refractivity contribution >= 4 is 5.97 Å². The Balaban J connectivity index is 2.33. The quantitative estimate of drug-likeness (QED) is 0.665. The van der Waals surface area contributed by atoms with E-state index in [0.717, 1.165) is 19.4 Å². The number of hydrogen-bond acceptors (Lipinski definition) is 4. The summed E-state index contributed by atoms with van der Waals surface area (Å²) in [5.74, 6) is -0.151. The van der Waals surface area contributed by atoms with E-state index in [1.54, 1.807) is 0 Å². The molecule has 0 saturated carbocycles. The summed E-state index contributed by atoms with van der Waals surface area (Å²) in [6.45, 7) is 5.73. The maximum atomic E-state index is 11.4. The summed E-state index contributed by atoms with van der Waals surface area (Å²) < 4.78 is 10.2. The minimum absolute atomic E-state index is 0.151. The molecule has 1 rings (SSSR count). The van der Waals surface area contributed by atoms with Crippen molar-refractivity contribution in [2.75, 3.05) is 19.8 Å². The van der Waals surface area contributed by atoms with Gasteiger partial charge in [0.05, 0.1) is 13.2 Å². The van der Waals surface area contributed by atoms with Crippen LogP contribution in [0.15, 0.2) is 0 Å². The molecule has 1 saturated heterocycles. The topological polar surface area (TPSA) is 47.6 Å². The molecule has 2 atom stereocenters. The zero-order valence-corrected chi connectivity index (χ0v) is 8.91. The summed E-state index contributed by atoms with van der Waals surface area (Å²) in [6.07, 6.45) is 1.74. The van der Waals surface area contributed by atoms with Gasteiger partial charge in [-0.25, -0.2) is 0 Å². The predicted molar refractivity (Wildman–Crippen MR) is 53.1 cm³/mol. The molecule has 1 heterocycles. The number of rotatable bonds is 5. The summed E-state index contributed by atoms with van der Waals surface area (Å²) >= 11 is 0. The Hall–Kier alpha value is -0.610. The summed E-state index contributed by atoms with van der Waals surface area (Å²) in [7, 11) is 0. The largest absolute Gasteiger partial charge is 0.465 e. The van der Waals surface area contributed by atoms with E-state index in [9.17, 15) is 4.79 Å². The Morgan fingerprint density at radius 1 is 1.64 bits per heavy atom. The molecule has 82 valence electrons. The molecule has 14 heavy (non-hydrogen) atoms. The molecule has 0 bridgehead atoms. The van der Waals surface area contributed by atoms with Gasteiger partial charge in [-0.05, 0) is 19.8 Å². The fraction of sp³-hybridized carbons (Fsp3) is 0.900. The first-order valence-corrected chi connectivity index (χ1v) is 5.28. The van der Waals surface area contributed by atoms with Gasteiger partial charge in [-0.15, -0.1) is 0 Å². The molecule has 2 unspecified atom stereocenters. The molecule has 0 aromatic carbocycles. The van der Waals surface area contributed by atoms with Crippen molar-refractivity contribution in [3.8, 4) is 0 Å². The van der Waals surface area contributed by atoms with Gasteiger partial charge in [0.25, 0.3) is 0 Å². The molecule has 0 spiro atoms. The minimum Gasteiger partial charge on any atom is -0.465 e. The van der Waals surface area contributed by atoms with Gasteiger partial charge in [-0.3, -0.25) is 10.1 Å². The molecule has 0 radical (unpaired) electrons. The minimum atomic E-state index is -0.179. The summed E-state index contributed by atoms with van der Waals surface area (Å²) in [5.41, 5.74) is 0. The van der Waals surface area contributed by atoms with Gasteiger partial charge < -0.3 is 9.47 Å². The normalized spacial score (nSPS) is 23.4. The Bertz CT molecular complexity index is 178. The van der Waals surface area contributed by atoms with Crippen LogP contribution in [0.3, 0.4) is 0 Å². The Kier molecular flexibility index (Phi) is 4.90. The number of nitrogens with one attached hydrogen (secondary N) is 1. The van der Waals surface area contributed by atoms with E-state index in [1.807, 2.05) is 13.8 Å². The van der Waals surface area contributed by atoms with Crippen LogP contribution < -0.4 is 5.32 Å². The Labute approximate surface area is 85.0 Å². The molecule has 0 aromatic rings. The molecule has 4 heteroatoms. The van der Waals surface area contributed by atoms with Crippen molar-refractivity contribution in [2.45, 2.75) is 38.8 Å². The molecule has 0 amide bonds. The van der Waals surface area contributed by atoms with E-state index in [-0.39, 0.29) is 12.0 Å². The second-order valence-electron chi connectivity index (χ2n) is 3.44.